The van der Waals surface area contributed by atoms with Crippen LogP contribution in [0.15, 0.2) is 22.7 Å². The van der Waals surface area contributed by atoms with Crippen molar-refractivity contribution in [2.45, 2.75) is 13.8 Å². The van der Waals surface area contributed by atoms with Crippen LogP contribution in [0.4, 0.5) is 0 Å². The van der Waals surface area contributed by atoms with Crippen molar-refractivity contribution in [3.05, 3.63) is 39.6 Å². The number of aromatic nitrogens is 1. The molecule has 0 aliphatic carbocycles. The molecule has 0 saturated heterocycles. The van der Waals surface area contributed by atoms with Crippen LogP contribution in [-0.4, -0.2) is 16.7 Å². The van der Waals surface area contributed by atoms with Crippen molar-refractivity contribution in [1.82, 2.24) is 5.16 Å². The van der Waals surface area contributed by atoms with Gasteiger partial charge >= 0.3 is 0 Å². The summed E-state index contributed by atoms with van der Waals surface area (Å²) in [5, 5.41) is 4.43. The number of rotatable bonds is 3. The van der Waals surface area contributed by atoms with Gasteiger partial charge < -0.3 is 4.52 Å². The normalized spacial score (nSPS) is 10.5. The molecule has 4 nitrogen and oxygen atoms in total. The summed E-state index contributed by atoms with van der Waals surface area (Å²) in [6.45, 7) is 2.62. The van der Waals surface area contributed by atoms with Gasteiger partial charge in [-0.3, -0.25) is 9.59 Å². The molecule has 0 spiro atoms. The van der Waals surface area contributed by atoms with Gasteiger partial charge in [0.05, 0.1) is 15.6 Å². The predicted octanol–water partition coefficient (Wildman–Crippen LogP) is 4.05. The number of hydrogen-bond acceptors (Lipinski definition) is 4. The Kier molecular flexibility index (Phi) is 3.73. The topological polar surface area (TPSA) is 60.2 Å². The van der Waals surface area contributed by atoms with Crippen molar-refractivity contribution in [3.63, 3.8) is 0 Å². The van der Waals surface area contributed by atoms with E-state index in [0.29, 0.717) is 15.6 Å². The second-order valence-corrected chi connectivity index (χ2v) is 4.76. The Bertz CT molecular complexity index is 656. The lowest BCUT2D eigenvalue weighted by atomic mass is 10.0. The maximum atomic E-state index is 11.7. The molecule has 6 heteroatoms. The van der Waals surface area contributed by atoms with E-state index in [1.54, 1.807) is 18.2 Å². The van der Waals surface area contributed by atoms with E-state index in [1.165, 1.54) is 13.8 Å². The average molecular weight is 298 g/mol. The molecular formula is C13H9Cl2NO3. The lowest BCUT2D eigenvalue weighted by Gasteiger charge is -2.04. The largest absolute Gasteiger partial charge is 0.352 e. The molecule has 0 fully saturated rings. The maximum absolute atomic E-state index is 11.7. The van der Waals surface area contributed by atoms with Crippen LogP contribution in [0, 0.1) is 0 Å². The number of ketones is 2. The SMILES string of the molecule is CC(=O)c1onc(-c2c(Cl)cccc2Cl)c1C(C)=O. The molecule has 1 heterocycles. The molecule has 0 bridgehead atoms. The molecule has 0 aliphatic heterocycles. The zero-order chi connectivity index (χ0) is 14.2. The predicted molar refractivity (Wildman–Crippen MR) is 72.0 cm³/mol. The molecule has 1 aromatic carbocycles. The van der Waals surface area contributed by atoms with Crippen LogP contribution in [-0.2, 0) is 0 Å². The second-order valence-electron chi connectivity index (χ2n) is 3.94. The minimum Gasteiger partial charge on any atom is -0.352 e. The van der Waals surface area contributed by atoms with Gasteiger partial charge in [0.15, 0.2) is 11.6 Å². The van der Waals surface area contributed by atoms with Crippen LogP contribution >= 0.6 is 23.2 Å². The molecule has 0 unspecified atom stereocenters. The fraction of sp³-hybridized carbons (Fsp3) is 0.154. The molecule has 0 N–H and O–H groups in total. The van der Waals surface area contributed by atoms with Crippen molar-refractivity contribution in [2.75, 3.05) is 0 Å². The van der Waals surface area contributed by atoms with E-state index in [0.717, 1.165) is 0 Å². The highest BCUT2D eigenvalue weighted by Gasteiger charge is 2.26. The number of carbonyl (C=O) groups excluding carboxylic acids is 2. The number of hydrogen-bond donors (Lipinski definition) is 0. The van der Waals surface area contributed by atoms with Crippen molar-refractivity contribution in [3.8, 4) is 11.3 Å². The van der Waals surface area contributed by atoms with Crippen LogP contribution in [0.25, 0.3) is 11.3 Å². The Morgan fingerprint density at radius 2 is 1.68 bits per heavy atom. The Hall–Kier alpha value is -1.65. The Morgan fingerprint density at radius 3 is 2.16 bits per heavy atom. The smallest absolute Gasteiger partial charge is 0.213 e. The summed E-state index contributed by atoms with van der Waals surface area (Å²) in [7, 11) is 0. The molecular weight excluding hydrogens is 289 g/mol. The highest BCUT2D eigenvalue weighted by atomic mass is 35.5. The van der Waals surface area contributed by atoms with Gasteiger partial charge in [-0.15, -0.1) is 0 Å². The minimum atomic E-state index is -0.382. The van der Waals surface area contributed by atoms with Crippen molar-refractivity contribution < 1.29 is 14.1 Å². The van der Waals surface area contributed by atoms with Crippen LogP contribution in [0.3, 0.4) is 0 Å². The third-order valence-electron chi connectivity index (χ3n) is 2.56. The number of benzene rings is 1. The first-order valence-corrected chi connectivity index (χ1v) is 6.15. The molecule has 2 aromatic rings. The van der Waals surface area contributed by atoms with E-state index in [1.807, 2.05) is 0 Å². The highest BCUT2D eigenvalue weighted by Crippen LogP contribution is 2.37. The van der Waals surface area contributed by atoms with E-state index in [-0.39, 0.29) is 28.6 Å². The van der Waals surface area contributed by atoms with Crippen LogP contribution < -0.4 is 0 Å². The first-order valence-electron chi connectivity index (χ1n) is 5.39. The Balaban J connectivity index is 2.77. The van der Waals surface area contributed by atoms with Crippen LogP contribution in [0.1, 0.15) is 34.8 Å². The number of Topliss-reactive ketones (excluding diaryl/α,β-unsaturated/α-hetero) is 2. The van der Waals surface area contributed by atoms with Crippen LogP contribution in [0.2, 0.25) is 10.0 Å². The fourth-order valence-electron chi connectivity index (χ4n) is 1.75. The van der Waals surface area contributed by atoms with E-state index >= 15 is 0 Å². The monoisotopic (exact) mass is 297 g/mol. The Morgan fingerprint density at radius 1 is 1.11 bits per heavy atom. The van der Waals surface area contributed by atoms with E-state index in [2.05, 4.69) is 5.16 Å². The average Bonchev–Trinajstić information content (AvgIpc) is 2.73. The number of nitrogens with zero attached hydrogens (tertiary/aromatic N) is 1. The standard InChI is InChI=1S/C13H9Cl2NO3/c1-6(17)10-12(16-19-13(10)7(2)18)11-8(14)4-3-5-9(11)15/h3-5H,1-2H3. The molecule has 0 atom stereocenters. The summed E-state index contributed by atoms with van der Waals surface area (Å²) < 4.78 is 4.95. The Labute approximate surface area is 119 Å². The molecule has 0 amide bonds. The molecule has 0 radical (unpaired) electrons. The summed E-state index contributed by atoms with van der Waals surface area (Å²) in [5.74, 6) is -0.803. The third kappa shape index (κ3) is 2.41. The zero-order valence-corrected chi connectivity index (χ0v) is 11.7. The van der Waals surface area contributed by atoms with E-state index in [4.69, 9.17) is 27.7 Å². The van der Waals surface area contributed by atoms with Crippen molar-refractivity contribution in [2.24, 2.45) is 0 Å². The van der Waals surface area contributed by atoms with E-state index < -0.39 is 0 Å². The van der Waals surface area contributed by atoms with Crippen LogP contribution in [0.5, 0.6) is 0 Å². The van der Waals surface area contributed by atoms with Gasteiger partial charge in [-0.2, -0.15) is 0 Å². The van der Waals surface area contributed by atoms with Gasteiger partial charge in [-0.05, 0) is 19.1 Å². The highest BCUT2D eigenvalue weighted by molar-refractivity contribution is 6.39. The van der Waals surface area contributed by atoms with Gasteiger partial charge in [-0.25, -0.2) is 0 Å². The van der Waals surface area contributed by atoms with Gasteiger partial charge in [0.2, 0.25) is 5.76 Å². The molecule has 2 rings (SSSR count). The van der Waals surface area contributed by atoms with Crippen molar-refractivity contribution >= 4 is 34.8 Å². The molecule has 98 valence electrons. The van der Waals surface area contributed by atoms with Crippen molar-refractivity contribution in [1.29, 1.82) is 0 Å². The van der Waals surface area contributed by atoms with Gasteiger partial charge in [0.25, 0.3) is 0 Å². The zero-order valence-electron chi connectivity index (χ0n) is 10.2. The van der Waals surface area contributed by atoms with Gasteiger partial charge in [0.1, 0.15) is 5.69 Å². The summed E-state index contributed by atoms with van der Waals surface area (Å²) in [6.07, 6.45) is 0. The number of carbonyl (C=O) groups is 2. The molecule has 1 aromatic heterocycles. The lowest BCUT2D eigenvalue weighted by molar-refractivity contribution is 0.0955. The summed E-state index contributed by atoms with van der Waals surface area (Å²) in [5.41, 5.74) is 0.670. The summed E-state index contributed by atoms with van der Waals surface area (Å²) in [4.78, 5) is 23.1. The third-order valence-corrected chi connectivity index (χ3v) is 3.19. The lowest BCUT2D eigenvalue weighted by Crippen LogP contribution is -2.02. The fourth-order valence-corrected chi connectivity index (χ4v) is 2.33. The first kappa shape index (κ1) is 13.8. The summed E-state index contributed by atoms with van der Waals surface area (Å²) in [6, 6.07) is 4.91. The molecule has 0 aliphatic rings. The molecule has 0 saturated carbocycles. The second kappa shape index (κ2) is 5.15. The maximum Gasteiger partial charge on any atom is 0.213 e. The molecule has 19 heavy (non-hydrogen) atoms. The van der Waals surface area contributed by atoms with E-state index in [9.17, 15) is 9.59 Å². The first-order chi connectivity index (χ1) is 8.93. The summed E-state index contributed by atoms with van der Waals surface area (Å²) >= 11 is 12.1. The number of halogens is 2. The quantitative estimate of drug-likeness (QED) is 0.802. The van der Waals surface area contributed by atoms with Gasteiger partial charge in [0, 0.05) is 12.5 Å². The minimum absolute atomic E-state index is 0.0847. The van der Waals surface area contributed by atoms with Gasteiger partial charge in [-0.1, -0.05) is 34.4 Å².